The van der Waals surface area contributed by atoms with Gasteiger partial charge in [0.25, 0.3) is 5.91 Å². The molecule has 154 valence electrons. The van der Waals surface area contributed by atoms with E-state index in [0.29, 0.717) is 28.4 Å². The van der Waals surface area contributed by atoms with E-state index in [9.17, 15) is 10.1 Å². The minimum Gasteiger partial charge on any atom is -0.347 e. The zero-order chi connectivity index (χ0) is 22.0. The molecule has 0 saturated heterocycles. The van der Waals surface area contributed by atoms with Crippen LogP contribution in [-0.2, 0) is 0 Å². The van der Waals surface area contributed by atoms with E-state index in [4.69, 9.17) is 0 Å². The van der Waals surface area contributed by atoms with E-state index in [-0.39, 0.29) is 11.4 Å². The molecule has 0 unspecified atom stereocenters. The third-order valence-electron chi connectivity index (χ3n) is 4.57. The fourth-order valence-electron chi connectivity index (χ4n) is 3.17. The van der Waals surface area contributed by atoms with Crippen LogP contribution in [0.25, 0.3) is 16.8 Å². The second kappa shape index (κ2) is 7.92. The first kappa shape index (κ1) is 20.1. The molecule has 0 saturated carbocycles. The fourth-order valence-corrected chi connectivity index (χ4v) is 3.17. The van der Waals surface area contributed by atoms with Crippen LogP contribution in [0.1, 0.15) is 36.7 Å². The minimum atomic E-state index is -0.305. The molecule has 7 nitrogen and oxygen atoms in total. The first-order chi connectivity index (χ1) is 14.8. The van der Waals surface area contributed by atoms with Gasteiger partial charge in [0.2, 0.25) is 5.95 Å². The Labute approximate surface area is 180 Å². The molecule has 4 rings (SSSR count). The number of fused-ring (bicyclic) bond motifs is 1. The summed E-state index contributed by atoms with van der Waals surface area (Å²) in [7, 11) is 0. The van der Waals surface area contributed by atoms with Crippen LogP contribution in [0.4, 0.5) is 11.6 Å². The van der Waals surface area contributed by atoms with Crippen molar-refractivity contribution in [3.63, 3.8) is 0 Å². The van der Waals surface area contributed by atoms with Crippen LogP contribution in [0.5, 0.6) is 0 Å². The molecule has 1 amide bonds. The highest BCUT2D eigenvalue weighted by atomic mass is 16.1. The maximum absolute atomic E-state index is 12.5. The van der Waals surface area contributed by atoms with Gasteiger partial charge >= 0.3 is 0 Å². The van der Waals surface area contributed by atoms with E-state index in [1.165, 1.54) is 0 Å². The van der Waals surface area contributed by atoms with Gasteiger partial charge in [-0.1, -0.05) is 24.3 Å². The van der Waals surface area contributed by atoms with Crippen LogP contribution in [0.3, 0.4) is 0 Å². The van der Waals surface area contributed by atoms with Crippen molar-refractivity contribution < 1.29 is 4.79 Å². The average Bonchev–Trinajstić information content (AvgIpc) is 3.14. The molecule has 2 heterocycles. The highest BCUT2D eigenvalue weighted by Gasteiger charge is 2.16. The smallest absolute Gasteiger partial charge is 0.251 e. The summed E-state index contributed by atoms with van der Waals surface area (Å²) in [6.07, 6.45) is 1.87. The molecule has 0 spiro atoms. The number of rotatable bonds is 4. The van der Waals surface area contributed by atoms with E-state index in [1.54, 1.807) is 16.6 Å². The Morgan fingerprint density at radius 2 is 1.84 bits per heavy atom. The van der Waals surface area contributed by atoms with Gasteiger partial charge in [0, 0.05) is 22.9 Å². The third kappa shape index (κ3) is 4.54. The Balaban J connectivity index is 1.62. The van der Waals surface area contributed by atoms with Crippen molar-refractivity contribution in [1.29, 1.82) is 5.26 Å². The number of carbonyl (C=O) groups excluding carboxylic acids is 1. The molecule has 4 aromatic rings. The molecule has 0 aliphatic rings. The first-order valence-electron chi connectivity index (χ1n) is 9.88. The number of carbonyl (C=O) groups is 1. The molecule has 2 aromatic heterocycles. The lowest BCUT2D eigenvalue weighted by Gasteiger charge is -2.20. The van der Waals surface area contributed by atoms with Gasteiger partial charge in [-0.25, -0.2) is 4.52 Å². The Bertz CT molecular complexity index is 1310. The van der Waals surface area contributed by atoms with Crippen molar-refractivity contribution in [3.8, 4) is 17.2 Å². The molecule has 0 aliphatic carbocycles. The molecule has 7 heteroatoms. The predicted molar refractivity (Wildman–Crippen MR) is 120 cm³/mol. The molecule has 0 bridgehead atoms. The van der Waals surface area contributed by atoms with Crippen LogP contribution in [0.2, 0.25) is 0 Å². The van der Waals surface area contributed by atoms with E-state index >= 15 is 0 Å². The second-order valence-electron chi connectivity index (χ2n) is 8.22. The Hall–Kier alpha value is -4.18. The number of nitrogens with zero attached hydrogens (tertiary/aromatic N) is 4. The highest BCUT2D eigenvalue weighted by molar-refractivity contribution is 5.95. The van der Waals surface area contributed by atoms with Gasteiger partial charge in [-0.05, 0) is 62.7 Å². The normalized spacial score (nSPS) is 11.2. The maximum Gasteiger partial charge on any atom is 0.251 e. The summed E-state index contributed by atoms with van der Waals surface area (Å²) in [5.74, 6) is 0.289. The molecule has 2 aromatic carbocycles. The van der Waals surface area contributed by atoms with Crippen molar-refractivity contribution in [2.75, 3.05) is 5.32 Å². The summed E-state index contributed by atoms with van der Waals surface area (Å²) in [6.45, 7) is 5.86. The Morgan fingerprint density at radius 3 is 2.61 bits per heavy atom. The number of nitriles is 1. The lowest BCUT2D eigenvalue weighted by Crippen LogP contribution is -2.40. The number of pyridine rings is 1. The largest absolute Gasteiger partial charge is 0.347 e. The van der Waals surface area contributed by atoms with Crippen LogP contribution in [-0.4, -0.2) is 26.0 Å². The second-order valence-corrected chi connectivity index (χ2v) is 8.22. The number of hydrogen-bond acceptors (Lipinski definition) is 5. The molecule has 0 aliphatic heterocycles. The molecule has 0 fully saturated rings. The van der Waals surface area contributed by atoms with Crippen molar-refractivity contribution >= 4 is 23.2 Å². The van der Waals surface area contributed by atoms with E-state index in [2.05, 4.69) is 26.8 Å². The summed E-state index contributed by atoms with van der Waals surface area (Å²) < 4.78 is 1.68. The van der Waals surface area contributed by atoms with Gasteiger partial charge in [0.05, 0.1) is 11.3 Å². The monoisotopic (exact) mass is 410 g/mol. The summed E-state index contributed by atoms with van der Waals surface area (Å²) in [6, 6.07) is 20.6. The molecular formula is C24H22N6O. The van der Waals surface area contributed by atoms with Crippen molar-refractivity contribution in [2.45, 2.75) is 26.3 Å². The SMILES string of the molecule is CC(C)(C)NC(=O)c1cccc(-c2ccc3nc(Nc4ccccc4C#N)nn3c2)c1. The van der Waals surface area contributed by atoms with Crippen molar-refractivity contribution in [3.05, 3.63) is 78.0 Å². The van der Waals surface area contributed by atoms with Gasteiger partial charge < -0.3 is 10.6 Å². The first-order valence-corrected chi connectivity index (χ1v) is 9.88. The number of nitrogens with one attached hydrogen (secondary N) is 2. The van der Waals surface area contributed by atoms with Gasteiger partial charge in [-0.2, -0.15) is 10.2 Å². The van der Waals surface area contributed by atoms with Gasteiger partial charge in [0.15, 0.2) is 5.65 Å². The van der Waals surface area contributed by atoms with E-state index in [1.807, 2.05) is 75.5 Å². The van der Waals surface area contributed by atoms with Crippen LogP contribution in [0, 0.1) is 11.3 Å². The zero-order valence-electron chi connectivity index (χ0n) is 17.5. The van der Waals surface area contributed by atoms with Gasteiger partial charge in [-0.15, -0.1) is 5.10 Å². The quantitative estimate of drug-likeness (QED) is 0.515. The topological polar surface area (TPSA) is 95.1 Å². The summed E-state index contributed by atoms with van der Waals surface area (Å²) in [5.41, 5.74) is 3.95. The summed E-state index contributed by atoms with van der Waals surface area (Å²) in [4.78, 5) is 17.0. The average molecular weight is 410 g/mol. The fraction of sp³-hybridized carbons (Fsp3) is 0.167. The minimum absolute atomic E-state index is 0.112. The number of aromatic nitrogens is 3. The summed E-state index contributed by atoms with van der Waals surface area (Å²) in [5, 5.41) is 19.8. The van der Waals surface area contributed by atoms with E-state index in [0.717, 1.165) is 11.1 Å². The summed E-state index contributed by atoms with van der Waals surface area (Å²) >= 11 is 0. The van der Waals surface area contributed by atoms with E-state index < -0.39 is 0 Å². The van der Waals surface area contributed by atoms with Crippen molar-refractivity contribution in [2.24, 2.45) is 0 Å². The zero-order valence-corrected chi connectivity index (χ0v) is 17.5. The van der Waals surface area contributed by atoms with Crippen molar-refractivity contribution in [1.82, 2.24) is 19.9 Å². The Morgan fingerprint density at radius 1 is 1.03 bits per heavy atom. The van der Waals surface area contributed by atoms with Gasteiger partial charge in [0.1, 0.15) is 6.07 Å². The number of amides is 1. The lowest BCUT2D eigenvalue weighted by molar-refractivity contribution is 0.0919. The van der Waals surface area contributed by atoms with Crippen LogP contribution < -0.4 is 10.6 Å². The predicted octanol–water partition coefficient (Wildman–Crippen LogP) is 4.54. The van der Waals surface area contributed by atoms with Gasteiger partial charge in [-0.3, -0.25) is 4.79 Å². The molecule has 0 radical (unpaired) electrons. The maximum atomic E-state index is 12.5. The molecular weight excluding hydrogens is 388 g/mol. The van der Waals surface area contributed by atoms with Crippen LogP contribution >= 0.6 is 0 Å². The lowest BCUT2D eigenvalue weighted by atomic mass is 10.0. The molecule has 31 heavy (non-hydrogen) atoms. The molecule has 2 N–H and O–H groups in total. The Kier molecular flexibility index (Phi) is 5.14. The number of anilines is 2. The highest BCUT2D eigenvalue weighted by Crippen LogP contribution is 2.23. The number of benzene rings is 2. The number of hydrogen-bond donors (Lipinski definition) is 2. The van der Waals surface area contributed by atoms with Crippen LogP contribution in [0.15, 0.2) is 66.9 Å². The standard InChI is InChI=1S/C24H22N6O/c1-24(2,3)28-22(31)17-9-6-8-16(13-17)19-11-12-21-27-23(29-30(21)15-19)26-20-10-5-4-7-18(20)14-25/h4-13,15H,1-3H3,(H,26,29)(H,28,31). The molecule has 0 atom stereocenters. The number of para-hydroxylation sites is 1. The third-order valence-corrected chi connectivity index (χ3v) is 4.57.